The molecule has 5 aromatic rings. The van der Waals surface area contributed by atoms with Crippen molar-refractivity contribution in [1.82, 2.24) is 9.97 Å². The molecule has 0 atom stereocenters. The smallest absolute Gasteiger partial charge is 0.0891 e. The van der Waals surface area contributed by atoms with E-state index in [9.17, 15) is 0 Å². The molecule has 0 amide bonds. The summed E-state index contributed by atoms with van der Waals surface area (Å²) < 4.78 is 1.24. The third-order valence-electron chi connectivity index (χ3n) is 3.97. The normalized spacial score (nSPS) is 12.0. The number of para-hydroxylation sites is 1. The molecular weight excluding hydrogens is 264 g/mol. The van der Waals surface area contributed by atoms with E-state index in [0.717, 1.165) is 5.52 Å². The first-order chi connectivity index (χ1) is 9.92. The van der Waals surface area contributed by atoms with Crippen LogP contribution in [0.3, 0.4) is 0 Å². The van der Waals surface area contributed by atoms with Crippen LogP contribution in [0.5, 0.6) is 0 Å². The number of nitrogens with one attached hydrogen (secondary N) is 1. The van der Waals surface area contributed by atoms with Gasteiger partial charge in [0.05, 0.1) is 21.2 Å². The zero-order valence-electron chi connectivity index (χ0n) is 10.6. The number of benzene rings is 3. The summed E-state index contributed by atoms with van der Waals surface area (Å²) in [6.07, 6.45) is 0. The van der Waals surface area contributed by atoms with Gasteiger partial charge in [0.1, 0.15) is 0 Å². The van der Waals surface area contributed by atoms with E-state index in [0.29, 0.717) is 0 Å². The molecule has 3 heteroatoms. The van der Waals surface area contributed by atoms with Crippen molar-refractivity contribution in [3.05, 3.63) is 54.0 Å². The summed E-state index contributed by atoms with van der Waals surface area (Å²) >= 11 is 1.69. The SMILES string of the molecule is c1ccc2c(c1)[nH]c1c2ccc2c1ccc1scnc12. The Kier molecular flexibility index (Phi) is 1.86. The van der Waals surface area contributed by atoms with Gasteiger partial charge in [-0.15, -0.1) is 11.3 Å². The van der Waals surface area contributed by atoms with E-state index in [-0.39, 0.29) is 0 Å². The van der Waals surface area contributed by atoms with Crippen LogP contribution in [-0.4, -0.2) is 9.97 Å². The first kappa shape index (κ1) is 10.4. The number of fused-ring (bicyclic) bond motifs is 7. The third kappa shape index (κ3) is 1.20. The zero-order valence-corrected chi connectivity index (χ0v) is 11.4. The summed E-state index contributed by atoms with van der Waals surface area (Å²) in [5.74, 6) is 0. The molecular formula is C17H10N2S. The highest BCUT2D eigenvalue weighted by Crippen LogP contribution is 2.34. The van der Waals surface area contributed by atoms with Crippen molar-refractivity contribution in [2.24, 2.45) is 0 Å². The van der Waals surface area contributed by atoms with Gasteiger partial charge >= 0.3 is 0 Å². The van der Waals surface area contributed by atoms with Gasteiger partial charge in [0.25, 0.3) is 0 Å². The van der Waals surface area contributed by atoms with Crippen LogP contribution in [0.4, 0.5) is 0 Å². The van der Waals surface area contributed by atoms with Crippen molar-refractivity contribution in [2.45, 2.75) is 0 Å². The quantitative estimate of drug-likeness (QED) is 0.419. The number of hydrogen-bond acceptors (Lipinski definition) is 2. The maximum atomic E-state index is 4.51. The third-order valence-corrected chi connectivity index (χ3v) is 4.77. The van der Waals surface area contributed by atoms with Crippen molar-refractivity contribution in [2.75, 3.05) is 0 Å². The lowest BCUT2D eigenvalue weighted by Crippen LogP contribution is -1.77. The Morgan fingerprint density at radius 2 is 1.60 bits per heavy atom. The van der Waals surface area contributed by atoms with Crippen LogP contribution in [-0.2, 0) is 0 Å². The van der Waals surface area contributed by atoms with E-state index in [1.807, 2.05) is 5.51 Å². The molecule has 0 aliphatic carbocycles. The Bertz CT molecular complexity index is 1100. The molecule has 1 N–H and O–H groups in total. The highest BCUT2D eigenvalue weighted by molar-refractivity contribution is 7.16. The number of aromatic amines is 1. The number of H-pyrrole nitrogens is 1. The fourth-order valence-electron chi connectivity index (χ4n) is 3.05. The maximum absolute atomic E-state index is 4.51. The van der Waals surface area contributed by atoms with Gasteiger partial charge in [-0.1, -0.05) is 36.4 Å². The van der Waals surface area contributed by atoms with Gasteiger partial charge in [0, 0.05) is 27.1 Å². The number of thiazole rings is 1. The van der Waals surface area contributed by atoms with Gasteiger partial charge in [-0.05, 0) is 12.1 Å². The Labute approximate surface area is 118 Å². The van der Waals surface area contributed by atoms with Gasteiger partial charge in [0.15, 0.2) is 0 Å². The minimum absolute atomic E-state index is 1.10. The standard InChI is InChI=1S/C17H10N2S/c1-2-4-14-10(3-1)11-5-6-13-12(16(11)19-14)7-8-15-17(13)18-9-20-15/h1-9,19H. The number of rotatable bonds is 0. The summed E-state index contributed by atoms with van der Waals surface area (Å²) in [6, 6.07) is 17.2. The van der Waals surface area contributed by atoms with Crippen LogP contribution in [0.1, 0.15) is 0 Å². The molecule has 0 saturated carbocycles. The monoisotopic (exact) mass is 274 g/mol. The number of hydrogen-bond donors (Lipinski definition) is 1. The van der Waals surface area contributed by atoms with Crippen LogP contribution in [0.25, 0.3) is 42.8 Å². The van der Waals surface area contributed by atoms with Gasteiger partial charge in [0.2, 0.25) is 0 Å². The molecule has 0 bridgehead atoms. The molecule has 0 spiro atoms. The predicted molar refractivity (Wildman–Crippen MR) is 86.5 cm³/mol. The van der Waals surface area contributed by atoms with Crippen LogP contribution >= 0.6 is 11.3 Å². The van der Waals surface area contributed by atoms with Crippen molar-refractivity contribution in [3.63, 3.8) is 0 Å². The molecule has 5 rings (SSSR count). The van der Waals surface area contributed by atoms with Crippen molar-refractivity contribution >= 4 is 54.1 Å². The fourth-order valence-corrected chi connectivity index (χ4v) is 3.75. The number of aromatic nitrogens is 2. The highest BCUT2D eigenvalue weighted by Gasteiger charge is 2.10. The molecule has 94 valence electrons. The molecule has 0 fully saturated rings. The molecule has 0 aliphatic heterocycles. The summed E-state index contributed by atoms with van der Waals surface area (Å²) in [4.78, 5) is 8.07. The first-order valence-electron chi connectivity index (χ1n) is 6.57. The summed E-state index contributed by atoms with van der Waals surface area (Å²) in [6.45, 7) is 0. The minimum atomic E-state index is 1.10. The van der Waals surface area contributed by atoms with E-state index < -0.39 is 0 Å². The first-order valence-corrected chi connectivity index (χ1v) is 7.45. The van der Waals surface area contributed by atoms with Gasteiger partial charge in [-0.3, -0.25) is 0 Å². The molecule has 0 unspecified atom stereocenters. The predicted octanol–water partition coefficient (Wildman–Crippen LogP) is 5.08. The van der Waals surface area contributed by atoms with E-state index in [2.05, 4.69) is 58.5 Å². The van der Waals surface area contributed by atoms with Gasteiger partial charge in [-0.2, -0.15) is 0 Å². The summed E-state index contributed by atoms with van der Waals surface area (Å²) in [5, 5.41) is 5.03. The molecule has 2 nitrogen and oxygen atoms in total. The maximum Gasteiger partial charge on any atom is 0.0891 e. The molecule has 0 radical (unpaired) electrons. The Balaban J connectivity index is 2.10. The second-order valence-corrected chi connectivity index (χ2v) is 5.90. The van der Waals surface area contributed by atoms with Crippen molar-refractivity contribution in [1.29, 1.82) is 0 Å². The molecule has 0 saturated heterocycles. The summed E-state index contributed by atoms with van der Waals surface area (Å²) in [7, 11) is 0. The molecule has 3 aromatic carbocycles. The van der Waals surface area contributed by atoms with E-state index in [4.69, 9.17) is 0 Å². The molecule has 2 heterocycles. The second kappa shape index (κ2) is 3.58. The van der Waals surface area contributed by atoms with Crippen LogP contribution < -0.4 is 0 Å². The molecule has 20 heavy (non-hydrogen) atoms. The Morgan fingerprint density at radius 3 is 2.60 bits per heavy atom. The Morgan fingerprint density at radius 1 is 0.800 bits per heavy atom. The zero-order chi connectivity index (χ0) is 13.1. The van der Waals surface area contributed by atoms with Crippen molar-refractivity contribution in [3.8, 4) is 0 Å². The Hall–Kier alpha value is -2.39. The van der Waals surface area contributed by atoms with E-state index in [1.165, 1.54) is 37.3 Å². The largest absolute Gasteiger partial charge is 0.354 e. The van der Waals surface area contributed by atoms with Gasteiger partial charge in [-0.25, -0.2) is 4.98 Å². The van der Waals surface area contributed by atoms with E-state index >= 15 is 0 Å². The lowest BCUT2D eigenvalue weighted by atomic mass is 10.1. The lowest BCUT2D eigenvalue weighted by molar-refractivity contribution is 1.52. The highest BCUT2D eigenvalue weighted by atomic mass is 32.1. The lowest BCUT2D eigenvalue weighted by Gasteiger charge is -2.00. The van der Waals surface area contributed by atoms with Crippen LogP contribution in [0, 0.1) is 0 Å². The fraction of sp³-hybridized carbons (Fsp3) is 0. The minimum Gasteiger partial charge on any atom is -0.354 e. The molecule has 2 aromatic heterocycles. The molecule has 0 aliphatic rings. The van der Waals surface area contributed by atoms with Gasteiger partial charge < -0.3 is 4.98 Å². The van der Waals surface area contributed by atoms with Crippen LogP contribution in [0.2, 0.25) is 0 Å². The van der Waals surface area contributed by atoms with Crippen LogP contribution in [0.15, 0.2) is 54.0 Å². The average Bonchev–Trinajstić information content (AvgIpc) is 3.11. The van der Waals surface area contributed by atoms with E-state index in [1.54, 1.807) is 11.3 Å². The topological polar surface area (TPSA) is 28.7 Å². The second-order valence-electron chi connectivity index (χ2n) is 5.02. The average molecular weight is 274 g/mol. The van der Waals surface area contributed by atoms with Crippen molar-refractivity contribution < 1.29 is 0 Å². The summed E-state index contributed by atoms with van der Waals surface area (Å²) in [5.41, 5.74) is 5.42. The number of nitrogens with zero attached hydrogens (tertiary/aromatic N) is 1.